The molecular weight excluding hydrogens is 240 g/mol. The lowest BCUT2D eigenvalue weighted by Gasteiger charge is -2.38. The van der Waals surface area contributed by atoms with Crippen LogP contribution in [-0.4, -0.2) is 31.3 Å². The Labute approximate surface area is 113 Å². The van der Waals surface area contributed by atoms with E-state index in [9.17, 15) is 0 Å². The van der Waals surface area contributed by atoms with E-state index in [-0.39, 0.29) is 0 Å². The minimum atomic E-state index is 0.361. The first-order chi connectivity index (χ1) is 9.42. The van der Waals surface area contributed by atoms with Crippen LogP contribution < -0.4 is 14.8 Å². The number of fused-ring (bicyclic) bond motifs is 2. The molecule has 0 aliphatic carbocycles. The molecule has 4 rings (SSSR count). The van der Waals surface area contributed by atoms with E-state index in [1.807, 2.05) is 0 Å². The van der Waals surface area contributed by atoms with Crippen molar-refractivity contribution in [2.24, 2.45) is 0 Å². The normalized spacial score (nSPS) is 26.2. The topological polar surface area (TPSA) is 33.7 Å². The Bertz CT molecular complexity index is 483. The molecule has 1 fully saturated rings. The molecule has 0 saturated carbocycles. The molecular formula is C15H20N2O2. The highest BCUT2D eigenvalue weighted by atomic mass is 16.7. The standard InChI is InChI=1S/C15H20N2O2/c1-2-4-17(5-3-1)13-9-16-8-11-6-14-15(7-12(11)13)19-10-18-14/h6-7,13,16H,1-5,8-10H2/t13-/m0/s1. The molecule has 1 aromatic carbocycles. The van der Waals surface area contributed by atoms with Crippen molar-refractivity contribution >= 4 is 0 Å². The second-order valence-electron chi connectivity index (χ2n) is 5.65. The molecule has 1 N–H and O–H groups in total. The molecule has 0 aromatic heterocycles. The lowest BCUT2D eigenvalue weighted by Crippen LogP contribution is -2.42. The number of ether oxygens (including phenoxy) is 2. The van der Waals surface area contributed by atoms with Gasteiger partial charge >= 0.3 is 0 Å². The van der Waals surface area contributed by atoms with E-state index in [2.05, 4.69) is 22.3 Å². The molecule has 1 saturated heterocycles. The third kappa shape index (κ3) is 1.99. The minimum absolute atomic E-state index is 0.361. The van der Waals surface area contributed by atoms with Gasteiger partial charge in [-0.1, -0.05) is 6.42 Å². The van der Waals surface area contributed by atoms with Gasteiger partial charge in [-0.3, -0.25) is 4.90 Å². The number of nitrogens with zero attached hydrogens (tertiary/aromatic N) is 1. The summed E-state index contributed by atoms with van der Waals surface area (Å²) < 4.78 is 11.0. The second kappa shape index (κ2) is 4.69. The molecule has 4 nitrogen and oxygen atoms in total. The van der Waals surface area contributed by atoms with E-state index in [1.54, 1.807) is 0 Å². The van der Waals surface area contributed by atoms with E-state index < -0.39 is 0 Å². The minimum Gasteiger partial charge on any atom is -0.454 e. The largest absolute Gasteiger partial charge is 0.454 e. The summed E-state index contributed by atoms with van der Waals surface area (Å²) in [5.41, 5.74) is 2.80. The fourth-order valence-corrected chi connectivity index (χ4v) is 3.47. The van der Waals surface area contributed by atoms with Gasteiger partial charge < -0.3 is 14.8 Å². The van der Waals surface area contributed by atoms with Crippen LogP contribution in [-0.2, 0) is 6.54 Å². The summed E-state index contributed by atoms with van der Waals surface area (Å²) in [7, 11) is 0. The molecule has 3 aliphatic rings. The maximum Gasteiger partial charge on any atom is 0.231 e. The second-order valence-corrected chi connectivity index (χ2v) is 5.65. The Morgan fingerprint density at radius 3 is 2.68 bits per heavy atom. The van der Waals surface area contributed by atoms with Crippen molar-refractivity contribution in [2.45, 2.75) is 31.8 Å². The first-order valence-electron chi connectivity index (χ1n) is 7.29. The molecule has 0 unspecified atom stereocenters. The van der Waals surface area contributed by atoms with Crippen LogP contribution in [0.2, 0.25) is 0 Å². The first kappa shape index (κ1) is 11.6. The van der Waals surface area contributed by atoms with Crippen molar-refractivity contribution in [3.8, 4) is 11.5 Å². The predicted octanol–water partition coefficient (Wildman–Crippen LogP) is 2.05. The van der Waals surface area contributed by atoms with Gasteiger partial charge in [0.2, 0.25) is 6.79 Å². The maximum atomic E-state index is 5.54. The summed E-state index contributed by atoms with van der Waals surface area (Å²) >= 11 is 0. The number of benzene rings is 1. The molecule has 4 heteroatoms. The zero-order valence-electron chi connectivity index (χ0n) is 11.2. The number of nitrogens with one attached hydrogen (secondary N) is 1. The van der Waals surface area contributed by atoms with Crippen LogP contribution in [0.4, 0.5) is 0 Å². The van der Waals surface area contributed by atoms with Crippen LogP contribution in [0.5, 0.6) is 11.5 Å². The summed E-state index contributed by atoms with van der Waals surface area (Å²) in [6, 6.07) is 4.86. The summed E-state index contributed by atoms with van der Waals surface area (Å²) in [5.74, 6) is 1.82. The quantitative estimate of drug-likeness (QED) is 0.838. The fraction of sp³-hybridized carbons (Fsp3) is 0.600. The van der Waals surface area contributed by atoms with Crippen molar-refractivity contribution in [3.05, 3.63) is 23.3 Å². The summed E-state index contributed by atoms with van der Waals surface area (Å²) in [5, 5.41) is 3.54. The summed E-state index contributed by atoms with van der Waals surface area (Å²) in [4.78, 5) is 2.62. The Morgan fingerprint density at radius 2 is 1.84 bits per heavy atom. The van der Waals surface area contributed by atoms with Crippen molar-refractivity contribution in [2.75, 3.05) is 26.4 Å². The van der Waals surface area contributed by atoms with Gasteiger partial charge in [-0.15, -0.1) is 0 Å². The number of hydrogen-bond acceptors (Lipinski definition) is 4. The van der Waals surface area contributed by atoms with Crippen LogP contribution in [0.15, 0.2) is 12.1 Å². The van der Waals surface area contributed by atoms with Gasteiger partial charge in [0.15, 0.2) is 11.5 Å². The molecule has 0 radical (unpaired) electrons. The molecule has 1 aromatic rings. The van der Waals surface area contributed by atoms with Gasteiger partial charge in [0.25, 0.3) is 0 Å². The molecule has 3 aliphatic heterocycles. The van der Waals surface area contributed by atoms with Gasteiger partial charge in [-0.25, -0.2) is 0 Å². The van der Waals surface area contributed by atoms with Crippen LogP contribution >= 0.6 is 0 Å². The van der Waals surface area contributed by atoms with Gasteiger partial charge in [0.1, 0.15) is 0 Å². The van der Waals surface area contributed by atoms with Crippen LogP contribution in [0.3, 0.4) is 0 Å². The molecule has 1 atom stereocenters. The predicted molar refractivity (Wildman–Crippen MR) is 72.4 cm³/mol. The Balaban J connectivity index is 1.69. The average molecular weight is 260 g/mol. The summed E-state index contributed by atoms with van der Waals surface area (Å²) in [6.07, 6.45) is 4.04. The van der Waals surface area contributed by atoms with E-state index in [4.69, 9.17) is 9.47 Å². The van der Waals surface area contributed by atoms with E-state index >= 15 is 0 Å². The highest BCUT2D eigenvalue weighted by Gasteiger charge is 2.29. The van der Waals surface area contributed by atoms with Gasteiger partial charge in [-0.2, -0.15) is 0 Å². The van der Waals surface area contributed by atoms with Gasteiger partial charge in [-0.05, 0) is 49.2 Å². The maximum absolute atomic E-state index is 5.54. The SMILES string of the molecule is c1c2c(cc3c1OCO3)[C@@H](N1CCCCC1)CNC2. The van der Waals surface area contributed by atoms with Crippen molar-refractivity contribution < 1.29 is 9.47 Å². The lowest BCUT2D eigenvalue weighted by molar-refractivity contribution is 0.154. The number of rotatable bonds is 1. The van der Waals surface area contributed by atoms with E-state index in [0.717, 1.165) is 24.6 Å². The van der Waals surface area contributed by atoms with Gasteiger partial charge in [0, 0.05) is 19.1 Å². The van der Waals surface area contributed by atoms with Gasteiger partial charge in [0.05, 0.1) is 0 Å². The van der Waals surface area contributed by atoms with Crippen LogP contribution in [0.1, 0.15) is 36.4 Å². The lowest BCUT2D eigenvalue weighted by atomic mass is 9.93. The van der Waals surface area contributed by atoms with Crippen LogP contribution in [0.25, 0.3) is 0 Å². The van der Waals surface area contributed by atoms with Crippen molar-refractivity contribution in [1.82, 2.24) is 10.2 Å². The highest BCUT2D eigenvalue weighted by molar-refractivity contribution is 5.50. The Hall–Kier alpha value is -1.26. The third-order valence-corrected chi connectivity index (χ3v) is 4.48. The Kier molecular flexibility index (Phi) is 2.85. The Morgan fingerprint density at radius 1 is 1.05 bits per heavy atom. The summed E-state index contributed by atoms with van der Waals surface area (Å²) in [6.45, 7) is 4.80. The van der Waals surface area contributed by atoms with Crippen molar-refractivity contribution in [3.63, 3.8) is 0 Å². The van der Waals surface area contributed by atoms with E-state index in [0.29, 0.717) is 12.8 Å². The number of likely N-dealkylation sites (tertiary alicyclic amines) is 1. The molecule has 0 spiro atoms. The molecule has 0 amide bonds. The first-order valence-corrected chi connectivity index (χ1v) is 7.29. The zero-order chi connectivity index (χ0) is 12.7. The smallest absolute Gasteiger partial charge is 0.231 e. The fourth-order valence-electron chi connectivity index (χ4n) is 3.47. The van der Waals surface area contributed by atoms with E-state index in [1.165, 1.54) is 43.5 Å². The molecule has 19 heavy (non-hydrogen) atoms. The molecule has 3 heterocycles. The zero-order valence-corrected chi connectivity index (χ0v) is 11.2. The molecule has 102 valence electrons. The average Bonchev–Trinajstić information content (AvgIpc) is 2.92. The molecule has 0 bridgehead atoms. The van der Waals surface area contributed by atoms with Crippen LogP contribution in [0, 0.1) is 0 Å². The van der Waals surface area contributed by atoms with Crippen molar-refractivity contribution in [1.29, 1.82) is 0 Å². The monoisotopic (exact) mass is 260 g/mol. The highest BCUT2D eigenvalue weighted by Crippen LogP contribution is 2.39. The third-order valence-electron chi connectivity index (χ3n) is 4.48. The number of piperidine rings is 1. The number of hydrogen-bond donors (Lipinski definition) is 1.